The zero-order valence-electron chi connectivity index (χ0n) is 10.5. The van der Waals surface area contributed by atoms with Crippen molar-refractivity contribution in [2.45, 2.75) is 0 Å². The van der Waals surface area contributed by atoms with Crippen LogP contribution >= 0.6 is 0 Å². The first-order valence-electron chi connectivity index (χ1n) is 5.57. The predicted molar refractivity (Wildman–Crippen MR) is 69.6 cm³/mol. The first-order chi connectivity index (χ1) is 9.49. The van der Waals surface area contributed by atoms with E-state index in [1.165, 1.54) is 19.2 Å². The Hall–Kier alpha value is -2.70. The molecule has 2 rings (SSSR count). The maximum Gasteiger partial charge on any atom is 0.356 e. The molecule has 0 fully saturated rings. The second-order valence-corrected chi connectivity index (χ2v) is 3.91. The first kappa shape index (κ1) is 13.7. The normalized spacial score (nSPS) is 10.2. The summed E-state index contributed by atoms with van der Waals surface area (Å²) in [5.74, 6) is -2.01. The van der Waals surface area contributed by atoms with Gasteiger partial charge in [-0.05, 0) is 24.3 Å². The quantitative estimate of drug-likeness (QED) is 0.844. The fourth-order valence-electron chi connectivity index (χ4n) is 1.55. The summed E-state index contributed by atoms with van der Waals surface area (Å²) in [5.41, 5.74) is 6.07. The van der Waals surface area contributed by atoms with Gasteiger partial charge in [-0.2, -0.15) is 0 Å². The van der Waals surface area contributed by atoms with E-state index in [9.17, 15) is 13.6 Å². The number of ether oxygens (including phenoxy) is 1. The van der Waals surface area contributed by atoms with Crippen molar-refractivity contribution in [3.8, 4) is 0 Å². The third-order valence-electron chi connectivity index (χ3n) is 2.45. The number of carbonyl (C=O) groups excluding carboxylic acids is 1. The maximum atomic E-state index is 13.1. The molecule has 0 unspecified atom stereocenters. The summed E-state index contributed by atoms with van der Waals surface area (Å²) in [7, 11) is 1.22. The van der Waals surface area contributed by atoms with Gasteiger partial charge in [0.15, 0.2) is 11.5 Å². The van der Waals surface area contributed by atoms with Gasteiger partial charge < -0.3 is 15.8 Å². The largest absolute Gasteiger partial charge is 0.464 e. The maximum absolute atomic E-state index is 13.1. The molecule has 3 N–H and O–H groups in total. The Kier molecular flexibility index (Phi) is 3.79. The molecule has 0 radical (unpaired) electrons. The minimum Gasteiger partial charge on any atom is -0.464 e. The van der Waals surface area contributed by atoms with Crippen molar-refractivity contribution in [3.05, 3.63) is 47.7 Å². The number of carbonyl (C=O) groups is 1. The standard InChI is InChI=1S/C13H11F2N3O2/c1-20-13(19)11-3-2-10(16)12(18-11)17-9-5-7(14)4-8(15)6-9/h2-6H,16H2,1H3,(H,17,18). The number of halogens is 2. The molecule has 0 bridgehead atoms. The number of anilines is 3. The summed E-state index contributed by atoms with van der Waals surface area (Å²) in [5, 5.41) is 2.65. The van der Waals surface area contributed by atoms with Crippen molar-refractivity contribution in [2.24, 2.45) is 0 Å². The molecule has 5 nitrogen and oxygen atoms in total. The lowest BCUT2D eigenvalue weighted by Gasteiger charge is -2.10. The Bertz CT molecular complexity index is 642. The third kappa shape index (κ3) is 3.00. The molecule has 0 aliphatic rings. The second-order valence-electron chi connectivity index (χ2n) is 3.91. The number of nitrogens with zero attached hydrogens (tertiary/aromatic N) is 1. The molecule has 0 aliphatic heterocycles. The molecular formula is C13H11F2N3O2. The molecule has 20 heavy (non-hydrogen) atoms. The number of rotatable bonds is 3. The van der Waals surface area contributed by atoms with Crippen LogP contribution in [0.1, 0.15) is 10.5 Å². The Balaban J connectivity index is 2.34. The first-order valence-corrected chi connectivity index (χ1v) is 5.57. The number of hydrogen-bond donors (Lipinski definition) is 2. The van der Waals surface area contributed by atoms with Crippen molar-refractivity contribution >= 4 is 23.2 Å². The van der Waals surface area contributed by atoms with E-state index in [1.54, 1.807) is 0 Å². The topological polar surface area (TPSA) is 77.2 Å². The number of esters is 1. The minimum absolute atomic E-state index is 0.0288. The SMILES string of the molecule is COC(=O)c1ccc(N)c(Nc2cc(F)cc(F)c2)n1. The Morgan fingerprint density at radius 1 is 1.25 bits per heavy atom. The third-order valence-corrected chi connectivity index (χ3v) is 2.45. The fourth-order valence-corrected chi connectivity index (χ4v) is 1.55. The molecule has 7 heteroatoms. The summed E-state index contributed by atoms with van der Waals surface area (Å²) < 4.78 is 30.7. The van der Waals surface area contributed by atoms with Crippen LogP contribution in [-0.2, 0) is 4.74 Å². The summed E-state index contributed by atoms with van der Waals surface area (Å²) in [4.78, 5) is 15.3. The van der Waals surface area contributed by atoms with E-state index in [0.717, 1.165) is 18.2 Å². The number of hydrogen-bond acceptors (Lipinski definition) is 5. The summed E-state index contributed by atoms with van der Waals surface area (Å²) >= 11 is 0. The van der Waals surface area contributed by atoms with Gasteiger partial charge in [0.2, 0.25) is 0 Å². The molecule has 0 amide bonds. The van der Waals surface area contributed by atoms with E-state index in [1.807, 2.05) is 0 Å². The highest BCUT2D eigenvalue weighted by Gasteiger charge is 2.11. The van der Waals surface area contributed by atoms with E-state index >= 15 is 0 Å². The van der Waals surface area contributed by atoms with Crippen molar-refractivity contribution in [1.29, 1.82) is 0 Å². The van der Waals surface area contributed by atoms with Crippen LogP contribution in [-0.4, -0.2) is 18.1 Å². The monoisotopic (exact) mass is 279 g/mol. The molecular weight excluding hydrogens is 268 g/mol. The van der Waals surface area contributed by atoms with Gasteiger partial charge in [0.1, 0.15) is 11.6 Å². The van der Waals surface area contributed by atoms with Gasteiger partial charge in [-0.1, -0.05) is 0 Å². The Labute approximate surface area is 113 Å². The lowest BCUT2D eigenvalue weighted by atomic mass is 10.2. The fraction of sp³-hybridized carbons (Fsp3) is 0.0769. The van der Waals surface area contributed by atoms with Gasteiger partial charge >= 0.3 is 5.97 Å². The highest BCUT2D eigenvalue weighted by Crippen LogP contribution is 2.22. The van der Waals surface area contributed by atoms with Crippen molar-refractivity contribution < 1.29 is 18.3 Å². The van der Waals surface area contributed by atoms with Crippen LogP contribution < -0.4 is 11.1 Å². The average molecular weight is 279 g/mol. The molecule has 0 aliphatic carbocycles. The summed E-state index contributed by atoms with van der Waals surface area (Å²) in [6, 6.07) is 5.73. The van der Waals surface area contributed by atoms with Crippen molar-refractivity contribution in [1.82, 2.24) is 4.98 Å². The van der Waals surface area contributed by atoms with Crippen LogP contribution in [0.5, 0.6) is 0 Å². The van der Waals surface area contributed by atoms with Gasteiger partial charge in [0.05, 0.1) is 12.8 Å². The predicted octanol–water partition coefficient (Wildman–Crippen LogP) is 2.47. The number of nitrogens with two attached hydrogens (primary N) is 1. The Morgan fingerprint density at radius 3 is 2.50 bits per heavy atom. The van der Waals surface area contributed by atoms with Gasteiger partial charge in [-0.15, -0.1) is 0 Å². The molecule has 2 aromatic rings. The molecule has 0 saturated carbocycles. The molecule has 0 atom stereocenters. The zero-order chi connectivity index (χ0) is 14.7. The van der Waals surface area contributed by atoms with Crippen LogP contribution in [0.25, 0.3) is 0 Å². The molecule has 1 aromatic heterocycles. The minimum atomic E-state index is -0.741. The lowest BCUT2D eigenvalue weighted by molar-refractivity contribution is 0.0594. The number of aromatic nitrogens is 1. The van der Waals surface area contributed by atoms with E-state index in [2.05, 4.69) is 15.0 Å². The number of pyridine rings is 1. The van der Waals surface area contributed by atoms with Crippen LogP contribution in [0.15, 0.2) is 30.3 Å². The number of benzene rings is 1. The smallest absolute Gasteiger partial charge is 0.356 e. The zero-order valence-corrected chi connectivity index (χ0v) is 10.5. The van der Waals surface area contributed by atoms with E-state index in [0.29, 0.717) is 0 Å². The highest BCUT2D eigenvalue weighted by atomic mass is 19.1. The number of methoxy groups -OCH3 is 1. The van der Waals surface area contributed by atoms with Gasteiger partial charge in [0, 0.05) is 11.8 Å². The molecule has 1 heterocycles. The van der Waals surface area contributed by atoms with Crippen LogP contribution in [0.3, 0.4) is 0 Å². The van der Waals surface area contributed by atoms with Crippen molar-refractivity contribution in [2.75, 3.05) is 18.2 Å². The van der Waals surface area contributed by atoms with Crippen LogP contribution in [0, 0.1) is 11.6 Å². The van der Waals surface area contributed by atoms with E-state index in [4.69, 9.17) is 5.73 Å². The Morgan fingerprint density at radius 2 is 1.90 bits per heavy atom. The van der Waals surface area contributed by atoms with Crippen molar-refractivity contribution in [3.63, 3.8) is 0 Å². The molecule has 104 valence electrons. The second kappa shape index (κ2) is 5.52. The summed E-state index contributed by atoms with van der Waals surface area (Å²) in [6.07, 6.45) is 0. The van der Waals surface area contributed by atoms with Crippen LogP contribution in [0.4, 0.5) is 26.0 Å². The van der Waals surface area contributed by atoms with E-state index in [-0.39, 0.29) is 22.9 Å². The number of nitrogens with one attached hydrogen (secondary N) is 1. The van der Waals surface area contributed by atoms with E-state index < -0.39 is 17.6 Å². The average Bonchev–Trinajstić information content (AvgIpc) is 2.39. The van der Waals surface area contributed by atoms with Gasteiger partial charge in [-0.3, -0.25) is 0 Å². The highest BCUT2D eigenvalue weighted by molar-refractivity contribution is 5.88. The molecule has 0 saturated heterocycles. The lowest BCUT2D eigenvalue weighted by Crippen LogP contribution is -2.08. The number of nitrogen functional groups attached to an aromatic ring is 1. The van der Waals surface area contributed by atoms with Crippen LogP contribution in [0.2, 0.25) is 0 Å². The van der Waals surface area contributed by atoms with Gasteiger partial charge in [-0.25, -0.2) is 18.6 Å². The molecule has 0 spiro atoms. The molecule has 1 aromatic carbocycles. The van der Waals surface area contributed by atoms with Gasteiger partial charge in [0.25, 0.3) is 0 Å². The summed E-state index contributed by atoms with van der Waals surface area (Å²) in [6.45, 7) is 0.